The number of anilines is 1. The monoisotopic (exact) mass is 278 g/mol. The Morgan fingerprint density at radius 1 is 1.40 bits per heavy atom. The number of rotatable bonds is 7. The van der Waals surface area contributed by atoms with E-state index in [9.17, 15) is 9.90 Å². The van der Waals surface area contributed by atoms with Crippen LogP contribution < -0.4 is 11.1 Å². The van der Waals surface area contributed by atoms with E-state index in [2.05, 4.69) is 19.2 Å². The van der Waals surface area contributed by atoms with Crippen molar-refractivity contribution in [2.75, 3.05) is 12.3 Å². The molecule has 4 heteroatoms. The average Bonchev–Trinajstić information content (AvgIpc) is 2.34. The molecule has 0 fully saturated rings. The molecule has 0 saturated carbocycles. The summed E-state index contributed by atoms with van der Waals surface area (Å²) in [5, 5.41) is 12.9. The van der Waals surface area contributed by atoms with Gasteiger partial charge in [-0.3, -0.25) is 4.79 Å². The van der Waals surface area contributed by atoms with Gasteiger partial charge >= 0.3 is 0 Å². The zero-order chi connectivity index (χ0) is 15.2. The van der Waals surface area contributed by atoms with E-state index in [1.54, 1.807) is 6.92 Å². The molecule has 0 aliphatic rings. The topological polar surface area (TPSA) is 75.3 Å². The third-order valence-electron chi connectivity index (χ3n) is 3.19. The van der Waals surface area contributed by atoms with Gasteiger partial charge in [0.2, 0.25) is 5.91 Å². The van der Waals surface area contributed by atoms with Crippen LogP contribution in [-0.4, -0.2) is 23.2 Å². The number of hydrogen-bond acceptors (Lipinski definition) is 3. The lowest BCUT2D eigenvalue weighted by Crippen LogP contribution is -2.41. The third-order valence-corrected chi connectivity index (χ3v) is 3.19. The summed E-state index contributed by atoms with van der Waals surface area (Å²) < 4.78 is 0. The molecule has 112 valence electrons. The van der Waals surface area contributed by atoms with Crippen molar-refractivity contribution in [3.8, 4) is 0 Å². The van der Waals surface area contributed by atoms with Crippen molar-refractivity contribution in [3.63, 3.8) is 0 Å². The van der Waals surface area contributed by atoms with Gasteiger partial charge < -0.3 is 16.2 Å². The summed E-state index contributed by atoms with van der Waals surface area (Å²) in [6.45, 7) is 6.14. The molecule has 20 heavy (non-hydrogen) atoms. The van der Waals surface area contributed by atoms with Gasteiger partial charge in [0.05, 0.1) is 5.60 Å². The highest BCUT2D eigenvalue weighted by Gasteiger charge is 2.22. The minimum atomic E-state index is -0.852. The molecule has 0 spiro atoms. The van der Waals surface area contributed by atoms with Gasteiger partial charge in [0.1, 0.15) is 0 Å². The lowest BCUT2D eigenvalue weighted by molar-refractivity contribution is -0.122. The Morgan fingerprint density at radius 3 is 2.65 bits per heavy atom. The predicted molar refractivity (Wildman–Crippen MR) is 82.3 cm³/mol. The molecule has 1 aromatic carbocycles. The number of benzene rings is 1. The van der Waals surface area contributed by atoms with Crippen LogP contribution in [0.15, 0.2) is 24.3 Å². The van der Waals surface area contributed by atoms with Crippen LogP contribution in [-0.2, 0) is 11.2 Å². The van der Waals surface area contributed by atoms with Gasteiger partial charge in [-0.1, -0.05) is 32.0 Å². The maximum atomic E-state index is 11.8. The highest BCUT2D eigenvalue weighted by Crippen LogP contribution is 2.15. The van der Waals surface area contributed by atoms with E-state index in [1.807, 2.05) is 24.3 Å². The summed E-state index contributed by atoms with van der Waals surface area (Å²) in [5.74, 6) is 0.336. The van der Waals surface area contributed by atoms with E-state index < -0.39 is 5.60 Å². The van der Waals surface area contributed by atoms with Crippen molar-refractivity contribution in [2.45, 2.75) is 45.6 Å². The molecule has 1 atom stereocenters. The lowest BCUT2D eigenvalue weighted by Gasteiger charge is -2.25. The summed E-state index contributed by atoms with van der Waals surface area (Å²) >= 11 is 0. The van der Waals surface area contributed by atoms with Gasteiger partial charge in [0.15, 0.2) is 0 Å². The third kappa shape index (κ3) is 6.06. The quantitative estimate of drug-likeness (QED) is 0.669. The maximum absolute atomic E-state index is 11.8. The zero-order valence-corrected chi connectivity index (χ0v) is 12.6. The number of nitrogen functional groups attached to an aromatic ring is 1. The molecule has 0 heterocycles. The van der Waals surface area contributed by atoms with Gasteiger partial charge in [0.25, 0.3) is 0 Å². The second-order valence-electron chi connectivity index (χ2n) is 6.07. The van der Waals surface area contributed by atoms with Crippen molar-refractivity contribution in [2.24, 2.45) is 5.92 Å². The minimum absolute atomic E-state index is 0.0581. The number of nitrogens with two attached hydrogens (primary N) is 1. The Morgan fingerprint density at radius 2 is 2.05 bits per heavy atom. The normalized spacial score (nSPS) is 14.1. The highest BCUT2D eigenvalue weighted by molar-refractivity contribution is 5.76. The first kappa shape index (κ1) is 16.5. The Hall–Kier alpha value is -1.55. The minimum Gasteiger partial charge on any atom is -0.399 e. The molecule has 0 aromatic heterocycles. The van der Waals surface area contributed by atoms with Gasteiger partial charge in [-0.05, 0) is 37.3 Å². The molecule has 0 bridgehead atoms. The largest absolute Gasteiger partial charge is 0.399 e. The van der Waals surface area contributed by atoms with Crippen LogP contribution in [0.25, 0.3) is 0 Å². The van der Waals surface area contributed by atoms with Crippen molar-refractivity contribution in [1.29, 1.82) is 0 Å². The first-order valence-electron chi connectivity index (χ1n) is 7.12. The molecule has 4 nitrogen and oxygen atoms in total. The van der Waals surface area contributed by atoms with E-state index >= 15 is 0 Å². The van der Waals surface area contributed by atoms with Gasteiger partial charge in [0, 0.05) is 18.7 Å². The molecule has 0 saturated heterocycles. The zero-order valence-electron chi connectivity index (χ0n) is 12.6. The Kier molecular flexibility index (Phi) is 6.02. The summed E-state index contributed by atoms with van der Waals surface area (Å²) in [4.78, 5) is 11.8. The van der Waals surface area contributed by atoms with E-state index in [4.69, 9.17) is 5.73 Å². The number of aryl methyl sites for hydroxylation is 1. The summed E-state index contributed by atoms with van der Waals surface area (Å²) in [6, 6.07) is 7.55. The summed E-state index contributed by atoms with van der Waals surface area (Å²) in [6.07, 6.45) is 1.66. The average molecular weight is 278 g/mol. The smallest absolute Gasteiger partial charge is 0.220 e. The standard InChI is InChI=1S/C16H26N2O2/c1-12(2)10-16(3,20)11-18-15(19)9-8-13-6-4-5-7-14(13)17/h4-7,12,20H,8-11,17H2,1-3H3,(H,18,19). The van der Waals surface area contributed by atoms with Crippen LogP contribution in [0.5, 0.6) is 0 Å². The SMILES string of the molecule is CC(C)CC(C)(O)CNC(=O)CCc1ccccc1N. The molecule has 4 N–H and O–H groups in total. The fourth-order valence-electron chi connectivity index (χ4n) is 2.34. The fraction of sp³-hybridized carbons (Fsp3) is 0.562. The van der Waals surface area contributed by atoms with E-state index in [0.29, 0.717) is 30.9 Å². The van der Waals surface area contributed by atoms with Crippen molar-refractivity contribution in [1.82, 2.24) is 5.32 Å². The molecular formula is C16H26N2O2. The Bertz CT molecular complexity index is 442. The predicted octanol–water partition coefficient (Wildman–Crippen LogP) is 2.11. The van der Waals surface area contributed by atoms with E-state index in [0.717, 1.165) is 5.56 Å². The first-order chi connectivity index (χ1) is 9.30. The van der Waals surface area contributed by atoms with Crippen LogP contribution in [0.2, 0.25) is 0 Å². The number of para-hydroxylation sites is 1. The van der Waals surface area contributed by atoms with Gasteiger partial charge in [-0.2, -0.15) is 0 Å². The van der Waals surface area contributed by atoms with Gasteiger partial charge in [-0.15, -0.1) is 0 Å². The maximum Gasteiger partial charge on any atom is 0.220 e. The number of hydrogen-bond donors (Lipinski definition) is 3. The number of amides is 1. The molecule has 0 radical (unpaired) electrons. The molecule has 1 rings (SSSR count). The fourth-order valence-corrected chi connectivity index (χ4v) is 2.34. The molecule has 1 amide bonds. The van der Waals surface area contributed by atoms with Crippen molar-refractivity contribution in [3.05, 3.63) is 29.8 Å². The van der Waals surface area contributed by atoms with Crippen LogP contribution in [0.3, 0.4) is 0 Å². The second-order valence-corrected chi connectivity index (χ2v) is 6.07. The van der Waals surface area contributed by atoms with Crippen LogP contribution in [0.1, 0.15) is 39.2 Å². The summed E-state index contributed by atoms with van der Waals surface area (Å²) in [7, 11) is 0. The number of aliphatic hydroxyl groups is 1. The van der Waals surface area contributed by atoms with E-state index in [1.165, 1.54) is 0 Å². The second kappa shape index (κ2) is 7.29. The lowest BCUT2D eigenvalue weighted by atomic mass is 9.94. The first-order valence-corrected chi connectivity index (χ1v) is 7.12. The number of carbonyl (C=O) groups excluding carboxylic acids is 1. The number of carbonyl (C=O) groups is 1. The highest BCUT2D eigenvalue weighted by atomic mass is 16.3. The van der Waals surface area contributed by atoms with Crippen molar-refractivity contribution >= 4 is 11.6 Å². The molecule has 0 aliphatic heterocycles. The molecular weight excluding hydrogens is 252 g/mol. The van der Waals surface area contributed by atoms with Crippen LogP contribution in [0.4, 0.5) is 5.69 Å². The Labute approximate surface area is 121 Å². The van der Waals surface area contributed by atoms with Crippen LogP contribution >= 0.6 is 0 Å². The molecule has 1 unspecified atom stereocenters. The molecule has 1 aromatic rings. The number of nitrogens with one attached hydrogen (secondary N) is 1. The van der Waals surface area contributed by atoms with Crippen molar-refractivity contribution < 1.29 is 9.90 Å². The van der Waals surface area contributed by atoms with E-state index in [-0.39, 0.29) is 12.5 Å². The Balaban J connectivity index is 2.36. The molecule has 0 aliphatic carbocycles. The van der Waals surface area contributed by atoms with Gasteiger partial charge in [-0.25, -0.2) is 0 Å². The summed E-state index contributed by atoms with van der Waals surface area (Å²) in [5.41, 5.74) is 6.68. The van der Waals surface area contributed by atoms with Crippen LogP contribution in [0, 0.1) is 5.92 Å².